The minimum Gasteiger partial charge on any atom is -0.347 e. The Hall–Kier alpha value is -3.23. The van der Waals surface area contributed by atoms with Crippen LogP contribution in [0, 0.1) is 5.82 Å². The van der Waals surface area contributed by atoms with Crippen LogP contribution < -0.4 is 10.6 Å². The van der Waals surface area contributed by atoms with Crippen molar-refractivity contribution in [3.05, 3.63) is 69.8 Å². The molecule has 3 aromatic rings. The highest BCUT2D eigenvalue weighted by molar-refractivity contribution is 6.30. The molecule has 0 aliphatic carbocycles. The van der Waals surface area contributed by atoms with E-state index in [-0.39, 0.29) is 11.8 Å². The van der Waals surface area contributed by atoms with Gasteiger partial charge in [0.05, 0.1) is 17.7 Å². The maximum atomic E-state index is 14.6. The second-order valence-electron chi connectivity index (χ2n) is 8.14. The summed E-state index contributed by atoms with van der Waals surface area (Å²) in [5, 5.41) is 6.02. The van der Waals surface area contributed by atoms with Crippen molar-refractivity contribution in [2.24, 2.45) is 0 Å². The van der Waals surface area contributed by atoms with Crippen molar-refractivity contribution in [3.63, 3.8) is 0 Å². The summed E-state index contributed by atoms with van der Waals surface area (Å²) in [5.74, 6) is -0.400. The quantitative estimate of drug-likeness (QED) is 0.635. The van der Waals surface area contributed by atoms with Gasteiger partial charge in [-0.2, -0.15) is 0 Å². The highest BCUT2D eigenvalue weighted by Crippen LogP contribution is 2.29. The topological polar surface area (TPSA) is 79.3 Å². The molecule has 3 heterocycles. The Bertz CT molecular complexity index is 1260. The number of amides is 2. The zero-order chi connectivity index (χ0) is 22.4. The average molecular weight is 454 g/mol. The molecule has 164 valence electrons. The van der Waals surface area contributed by atoms with E-state index in [2.05, 4.69) is 20.5 Å². The van der Waals surface area contributed by atoms with Crippen molar-refractivity contribution in [2.45, 2.75) is 26.1 Å². The van der Waals surface area contributed by atoms with E-state index in [1.54, 1.807) is 12.1 Å². The van der Waals surface area contributed by atoms with Crippen LogP contribution in [-0.4, -0.2) is 39.9 Å². The molecule has 0 atom stereocenters. The fourth-order valence-electron chi connectivity index (χ4n) is 4.21. The van der Waals surface area contributed by atoms with Gasteiger partial charge in [0.1, 0.15) is 11.6 Å². The number of fused-ring (bicyclic) bond motifs is 2. The first-order valence-electron chi connectivity index (χ1n) is 10.3. The van der Waals surface area contributed by atoms with E-state index in [1.807, 2.05) is 29.8 Å². The van der Waals surface area contributed by atoms with Gasteiger partial charge in [0.25, 0.3) is 5.91 Å². The number of benzene rings is 2. The Morgan fingerprint density at radius 3 is 2.91 bits per heavy atom. The van der Waals surface area contributed by atoms with Gasteiger partial charge in [0.2, 0.25) is 5.91 Å². The van der Waals surface area contributed by atoms with Crippen LogP contribution in [0.25, 0.3) is 11.4 Å². The predicted molar refractivity (Wildman–Crippen MR) is 119 cm³/mol. The summed E-state index contributed by atoms with van der Waals surface area (Å²) >= 11 is 5.90. The normalized spacial score (nSPS) is 15.3. The van der Waals surface area contributed by atoms with Crippen LogP contribution in [0.4, 0.5) is 10.1 Å². The maximum absolute atomic E-state index is 14.6. The van der Waals surface area contributed by atoms with E-state index < -0.39 is 5.82 Å². The maximum Gasteiger partial charge on any atom is 0.272 e. The number of carbonyl (C=O) groups is 2. The Morgan fingerprint density at radius 2 is 2.09 bits per heavy atom. The molecule has 1 aromatic heterocycles. The van der Waals surface area contributed by atoms with Crippen LogP contribution >= 0.6 is 11.6 Å². The molecule has 0 radical (unpaired) electrons. The van der Waals surface area contributed by atoms with Gasteiger partial charge in [-0.05, 0) is 42.4 Å². The molecule has 9 heteroatoms. The number of rotatable bonds is 4. The SMILES string of the molecule is CN1CCn2c(-c3ccc(Cl)cc3F)nc(C(=O)NCc3ccc4c(c3)CC(=O)N4)c2C1. The summed E-state index contributed by atoms with van der Waals surface area (Å²) in [4.78, 5) is 31.3. The number of nitrogens with one attached hydrogen (secondary N) is 2. The van der Waals surface area contributed by atoms with E-state index in [4.69, 9.17) is 11.6 Å². The molecule has 0 saturated carbocycles. The van der Waals surface area contributed by atoms with Gasteiger partial charge in [-0.1, -0.05) is 23.7 Å². The molecule has 2 aliphatic heterocycles. The Kier molecular flexibility index (Phi) is 5.19. The van der Waals surface area contributed by atoms with Crippen LogP contribution in [-0.2, 0) is 30.8 Å². The second-order valence-corrected chi connectivity index (χ2v) is 8.58. The van der Waals surface area contributed by atoms with Crippen LogP contribution in [0.1, 0.15) is 27.3 Å². The molecule has 0 spiro atoms. The van der Waals surface area contributed by atoms with Gasteiger partial charge in [0, 0.05) is 36.9 Å². The lowest BCUT2D eigenvalue weighted by atomic mass is 10.1. The van der Waals surface area contributed by atoms with E-state index in [1.165, 1.54) is 6.07 Å². The summed E-state index contributed by atoms with van der Waals surface area (Å²) in [6.45, 7) is 2.22. The number of hydrogen-bond donors (Lipinski definition) is 2. The molecule has 2 aromatic carbocycles. The molecule has 0 bridgehead atoms. The summed E-state index contributed by atoms with van der Waals surface area (Å²) < 4.78 is 16.5. The molecular weight excluding hydrogens is 433 g/mol. The lowest BCUT2D eigenvalue weighted by Crippen LogP contribution is -2.32. The monoisotopic (exact) mass is 453 g/mol. The third kappa shape index (κ3) is 3.76. The van der Waals surface area contributed by atoms with Gasteiger partial charge in [-0.25, -0.2) is 9.37 Å². The molecule has 2 aliphatic rings. The Labute approximate surface area is 189 Å². The number of carbonyl (C=O) groups excluding carboxylic acids is 2. The van der Waals surface area contributed by atoms with E-state index in [9.17, 15) is 14.0 Å². The number of likely N-dealkylation sites (N-methyl/N-ethyl adjacent to an activating group) is 1. The summed E-state index contributed by atoms with van der Waals surface area (Å²) in [6.07, 6.45) is 0.341. The second kappa shape index (κ2) is 8.03. The molecule has 32 heavy (non-hydrogen) atoms. The zero-order valence-corrected chi connectivity index (χ0v) is 18.2. The Balaban J connectivity index is 1.43. The van der Waals surface area contributed by atoms with Crippen LogP contribution in [0.3, 0.4) is 0 Å². The summed E-state index contributed by atoms with van der Waals surface area (Å²) in [7, 11) is 1.97. The third-order valence-corrected chi connectivity index (χ3v) is 6.07. The third-order valence-electron chi connectivity index (χ3n) is 5.83. The van der Waals surface area contributed by atoms with Crippen molar-refractivity contribution >= 4 is 29.1 Å². The first-order chi connectivity index (χ1) is 15.4. The minimum atomic E-state index is -0.475. The number of aromatic nitrogens is 2. The smallest absolute Gasteiger partial charge is 0.272 e. The van der Waals surface area contributed by atoms with Crippen molar-refractivity contribution < 1.29 is 14.0 Å². The molecule has 0 unspecified atom stereocenters. The van der Waals surface area contributed by atoms with Gasteiger partial charge in [0.15, 0.2) is 5.69 Å². The number of imidazole rings is 1. The first-order valence-corrected chi connectivity index (χ1v) is 10.7. The largest absolute Gasteiger partial charge is 0.347 e. The highest BCUT2D eigenvalue weighted by Gasteiger charge is 2.28. The van der Waals surface area contributed by atoms with Gasteiger partial charge in [-0.15, -0.1) is 0 Å². The van der Waals surface area contributed by atoms with E-state index >= 15 is 0 Å². The number of anilines is 1. The predicted octanol–water partition coefficient (Wildman–Crippen LogP) is 3.21. The molecule has 7 nitrogen and oxygen atoms in total. The van der Waals surface area contributed by atoms with Crippen LogP contribution in [0.5, 0.6) is 0 Å². The molecule has 2 amide bonds. The van der Waals surface area contributed by atoms with E-state index in [0.717, 1.165) is 29.1 Å². The average Bonchev–Trinajstić information content (AvgIpc) is 3.31. The summed E-state index contributed by atoms with van der Waals surface area (Å²) in [5.41, 5.74) is 3.98. The lowest BCUT2D eigenvalue weighted by Gasteiger charge is -2.25. The van der Waals surface area contributed by atoms with Crippen LogP contribution in [0.15, 0.2) is 36.4 Å². The first kappa shape index (κ1) is 20.7. The number of nitrogens with zero attached hydrogens (tertiary/aromatic N) is 3. The standard InChI is InChI=1S/C23H21ClFN5O2/c1-29-6-7-30-19(12-29)21(28-22(30)16-4-3-15(24)10-17(16)25)23(32)26-11-13-2-5-18-14(8-13)9-20(31)27-18/h2-5,8,10H,6-7,9,11-12H2,1H3,(H,26,32)(H,27,31). The lowest BCUT2D eigenvalue weighted by molar-refractivity contribution is -0.115. The van der Waals surface area contributed by atoms with Crippen LogP contribution in [0.2, 0.25) is 5.02 Å². The van der Waals surface area contributed by atoms with Crippen molar-refractivity contribution in [2.75, 3.05) is 18.9 Å². The molecule has 2 N–H and O–H groups in total. The molecule has 0 saturated heterocycles. The van der Waals surface area contributed by atoms with E-state index in [0.29, 0.717) is 48.2 Å². The molecular formula is C23H21ClFN5O2. The van der Waals surface area contributed by atoms with Gasteiger partial charge < -0.3 is 15.2 Å². The molecule has 5 rings (SSSR count). The van der Waals surface area contributed by atoms with Gasteiger partial charge in [-0.3, -0.25) is 14.5 Å². The highest BCUT2D eigenvalue weighted by atomic mass is 35.5. The zero-order valence-electron chi connectivity index (χ0n) is 17.4. The number of halogens is 2. The van der Waals surface area contributed by atoms with Crippen molar-refractivity contribution in [3.8, 4) is 11.4 Å². The molecule has 0 fully saturated rings. The van der Waals surface area contributed by atoms with Gasteiger partial charge >= 0.3 is 0 Å². The summed E-state index contributed by atoms with van der Waals surface area (Å²) in [6, 6.07) is 10.1. The van der Waals surface area contributed by atoms with Crippen molar-refractivity contribution in [1.29, 1.82) is 0 Å². The minimum absolute atomic E-state index is 0.0306. The van der Waals surface area contributed by atoms with Crippen molar-refractivity contribution in [1.82, 2.24) is 19.8 Å². The fourth-order valence-corrected chi connectivity index (χ4v) is 4.37. The number of hydrogen-bond acceptors (Lipinski definition) is 4. The fraction of sp³-hybridized carbons (Fsp3) is 0.261. The Morgan fingerprint density at radius 1 is 1.25 bits per heavy atom.